The highest BCUT2D eigenvalue weighted by Gasteiger charge is 2.34. The summed E-state index contributed by atoms with van der Waals surface area (Å²) in [7, 11) is 2.27. The van der Waals surface area contributed by atoms with Gasteiger partial charge < -0.3 is 20.6 Å². The molecule has 0 aromatic carbocycles. The van der Waals surface area contributed by atoms with Gasteiger partial charge in [0.05, 0.1) is 6.61 Å². The number of fused-ring (bicyclic) bond motifs is 1. The van der Waals surface area contributed by atoms with Gasteiger partial charge in [-0.1, -0.05) is 0 Å². The summed E-state index contributed by atoms with van der Waals surface area (Å²) < 4.78 is 0. The minimum absolute atomic E-state index is 0.0790. The Labute approximate surface area is 111 Å². The molecule has 2 fully saturated rings. The monoisotopic (exact) mass is 255 g/mol. The summed E-state index contributed by atoms with van der Waals surface area (Å²) in [5.74, 6) is 0.843. The normalized spacial score (nSPS) is 34.0. The fraction of sp³-hybridized carbons (Fsp3) is 1.00. The summed E-state index contributed by atoms with van der Waals surface area (Å²) in [4.78, 5) is 5.09. The number of aliphatic hydroxyl groups is 1. The van der Waals surface area contributed by atoms with Crippen LogP contribution in [0.15, 0.2) is 0 Å². The Morgan fingerprint density at radius 1 is 1.33 bits per heavy atom. The zero-order chi connectivity index (χ0) is 13.2. The van der Waals surface area contributed by atoms with Gasteiger partial charge in [0.15, 0.2) is 0 Å². The van der Waals surface area contributed by atoms with Crippen molar-refractivity contribution in [1.29, 1.82) is 0 Å². The Bertz CT molecular complexity index is 270. The zero-order valence-electron chi connectivity index (χ0n) is 11.9. The first-order valence-corrected chi connectivity index (χ1v) is 7.34. The summed E-state index contributed by atoms with van der Waals surface area (Å²) in [5.41, 5.74) is 5.59. The molecule has 0 saturated carbocycles. The van der Waals surface area contributed by atoms with Crippen molar-refractivity contribution in [2.75, 3.05) is 39.8 Å². The maximum Gasteiger partial charge on any atom is 0.0608 e. The summed E-state index contributed by atoms with van der Waals surface area (Å²) in [6.07, 6.45) is 4.90. The quantitative estimate of drug-likeness (QED) is 0.768. The predicted octanol–water partition coefficient (Wildman–Crippen LogP) is 0.502. The van der Waals surface area contributed by atoms with Crippen LogP contribution in [0.4, 0.5) is 0 Å². The number of nitrogens with zero attached hydrogens (tertiary/aromatic N) is 2. The van der Waals surface area contributed by atoms with Crippen LogP contribution in [0.2, 0.25) is 0 Å². The third-order valence-corrected chi connectivity index (χ3v) is 4.79. The Hall–Kier alpha value is -0.160. The van der Waals surface area contributed by atoms with Crippen LogP contribution in [-0.4, -0.2) is 66.3 Å². The van der Waals surface area contributed by atoms with Crippen molar-refractivity contribution in [2.45, 2.75) is 44.2 Å². The average Bonchev–Trinajstić information content (AvgIpc) is 2.37. The van der Waals surface area contributed by atoms with E-state index in [1.807, 2.05) is 6.92 Å². The number of nitrogens with two attached hydrogens (primary N) is 1. The molecular weight excluding hydrogens is 226 g/mol. The van der Waals surface area contributed by atoms with Gasteiger partial charge in [0, 0.05) is 18.1 Å². The topological polar surface area (TPSA) is 52.7 Å². The van der Waals surface area contributed by atoms with Gasteiger partial charge in [-0.05, 0) is 65.2 Å². The molecule has 0 radical (unpaired) electrons. The second-order valence-corrected chi connectivity index (χ2v) is 6.60. The lowest BCUT2D eigenvalue weighted by Gasteiger charge is -2.46. The summed E-state index contributed by atoms with van der Waals surface area (Å²) in [6.45, 7) is 6.72. The maximum absolute atomic E-state index is 9.20. The van der Waals surface area contributed by atoms with Crippen LogP contribution in [0.25, 0.3) is 0 Å². The Morgan fingerprint density at radius 3 is 2.83 bits per heavy atom. The smallest absolute Gasteiger partial charge is 0.0608 e. The van der Waals surface area contributed by atoms with Gasteiger partial charge in [-0.2, -0.15) is 0 Å². The van der Waals surface area contributed by atoms with Gasteiger partial charge in [0.25, 0.3) is 0 Å². The van der Waals surface area contributed by atoms with E-state index in [0.29, 0.717) is 0 Å². The van der Waals surface area contributed by atoms with Gasteiger partial charge in [-0.15, -0.1) is 0 Å². The van der Waals surface area contributed by atoms with E-state index in [0.717, 1.165) is 24.9 Å². The molecule has 0 amide bonds. The first-order chi connectivity index (χ1) is 8.52. The molecule has 3 atom stereocenters. The number of aliphatic hydroxyl groups excluding tert-OH is 1. The van der Waals surface area contributed by atoms with Crippen LogP contribution in [0.5, 0.6) is 0 Å². The third kappa shape index (κ3) is 3.44. The van der Waals surface area contributed by atoms with Crippen molar-refractivity contribution in [3.8, 4) is 0 Å². The molecule has 4 nitrogen and oxygen atoms in total. The lowest BCUT2D eigenvalue weighted by Crippen LogP contribution is -2.53. The molecule has 18 heavy (non-hydrogen) atoms. The number of hydrogen-bond donors (Lipinski definition) is 2. The van der Waals surface area contributed by atoms with Gasteiger partial charge in [0.1, 0.15) is 0 Å². The molecule has 0 aromatic rings. The first kappa shape index (κ1) is 14.3. The average molecular weight is 255 g/mol. The molecule has 0 aromatic heterocycles. The molecule has 2 aliphatic heterocycles. The van der Waals surface area contributed by atoms with E-state index in [4.69, 9.17) is 5.73 Å². The molecule has 0 aliphatic carbocycles. The summed E-state index contributed by atoms with van der Waals surface area (Å²) in [6, 6.07) is 0.803. The molecular formula is C14H29N3O. The van der Waals surface area contributed by atoms with Crippen molar-refractivity contribution < 1.29 is 5.11 Å². The van der Waals surface area contributed by atoms with Crippen LogP contribution in [0.1, 0.15) is 32.6 Å². The predicted molar refractivity (Wildman–Crippen MR) is 74.5 cm³/mol. The minimum atomic E-state index is -0.416. The van der Waals surface area contributed by atoms with Gasteiger partial charge >= 0.3 is 0 Å². The lowest BCUT2D eigenvalue weighted by atomic mass is 9.84. The number of rotatable bonds is 4. The highest BCUT2D eigenvalue weighted by Crippen LogP contribution is 2.29. The Kier molecular flexibility index (Phi) is 4.64. The molecule has 2 heterocycles. The number of likely N-dealkylation sites (tertiary alicyclic amines) is 2. The first-order valence-electron chi connectivity index (χ1n) is 7.34. The fourth-order valence-electron chi connectivity index (χ4n) is 3.42. The van der Waals surface area contributed by atoms with E-state index in [1.165, 1.54) is 38.9 Å². The second kappa shape index (κ2) is 5.87. The Morgan fingerprint density at radius 2 is 2.11 bits per heavy atom. The number of piperidine rings is 2. The van der Waals surface area contributed by atoms with Crippen molar-refractivity contribution in [2.24, 2.45) is 11.7 Å². The second-order valence-electron chi connectivity index (χ2n) is 6.60. The van der Waals surface area contributed by atoms with Crippen molar-refractivity contribution in [3.63, 3.8) is 0 Å². The van der Waals surface area contributed by atoms with Crippen LogP contribution in [0.3, 0.4) is 0 Å². The van der Waals surface area contributed by atoms with E-state index >= 15 is 0 Å². The fourth-order valence-corrected chi connectivity index (χ4v) is 3.42. The van der Waals surface area contributed by atoms with Gasteiger partial charge in [-0.25, -0.2) is 0 Å². The molecule has 4 heteroatoms. The zero-order valence-corrected chi connectivity index (χ0v) is 11.9. The van der Waals surface area contributed by atoms with E-state index in [9.17, 15) is 5.11 Å². The molecule has 3 unspecified atom stereocenters. The highest BCUT2D eigenvalue weighted by atomic mass is 16.3. The third-order valence-electron chi connectivity index (χ3n) is 4.79. The van der Waals surface area contributed by atoms with Gasteiger partial charge in [0.2, 0.25) is 0 Å². The SMILES string of the molecule is CN1CCCC2CN(CCC(C)(N)CO)CCC21. The maximum atomic E-state index is 9.20. The summed E-state index contributed by atoms with van der Waals surface area (Å²) in [5, 5.41) is 9.20. The largest absolute Gasteiger partial charge is 0.394 e. The standard InChI is InChI=1S/C14H29N3O/c1-14(15,11-18)6-9-17-8-5-13-12(10-17)4-3-7-16(13)2/h12-13,18H,3-11,15H2,1-2H3. The molecule has 0 bridgehead atoms. The molecule has 2 saturated heterocycles. The van der Waals surface area contributed by atoms with Crippen molar-refractivity contribution in [1.82, 2.24) is 9.80 Å². The number of hydrogen-bond acceptors (Lipinski definition) is 4. The van der Waals surface area contributed by atoms with Crippen LogP contribution < -0.4 is 5.73 Å². The van der Waals surface area contributed by atoms with Crippen LogP contribution in [-0.2, 0) is 0 Å². The highest BCUT2D eigenvalue weighted by molar-refractivity contribution is 4.90. The van der Waals surface area contributed by atoms with Crippen LogP contribution >= 0.6 is 0 Å². The molecule has 0 spiro atoms. The van der Waals surface area contributed by atoms with Gasteiger partial charge in [-0.3, -0.25) is 0 Å². The van der Waals surface area contributed by atoms with Crippen molar-refractivity contribution >= 4 is 0 Å². The molecule has 2 aliphatic rings. The Balaban J connectivity index is 1.80. The van der Waals surface area contributed by atoms with Crippen molar-refractivity contribution in [3.05, 3.63) is 0 Å². The lowest BCUT2D eigenvalue weighted by molar-refractivity contribution is 0.0345. The van der Waals surface area contributed by atoms with E-state index < -0.39 is 5.54 Å². The van der Waals surface area contributed by atoms with Crippen LogP contribution in [0, 0.1) is 5.92 Å². The molecule has 2 rings (SSSR count). The molecule has 3 N–H and O–H groups in total. The summed E-state index contributed by atoms with van der Waals surface area (Å²) >= 11 is 0. The van der Waals surface area contributed by atoms with E-state index in [2.05, 4.69) is 16.8 Å². The van der Waals surface area contributed by atoms with E-state index in [-0.39, 0.29) is 6.61 Å². The van der Waals surface area contributed by atoms with E-state index in [1.54, 1.807) is 0 Å². The molecule has 106 valence electrons. The minimum Gasteiger partial charge on any atom is -0.394 e.